The number of hydrogen-bond acceptors (Lipinski definition) is 1. The summed E-state index contributed by atoms with van der Waals surface area (Å²) in [6.07, 6.45) is 3.01. The Balaban J connectivity index is 3.16. The molecule has 1 atom stereocenters. The molecule has 0 fully saturated rings. The van der Waals surface area contributed by atoms with Crippen molar-refractivity contribution in [3.05, 3.63) is 0 Å². The van der Waals surface area contributed by atoms with Crippen LogP contribution in [0.5, 0.6) is 0 Å². The molecule has 0 spiro atoms. The summed E-state index contributed by atoms with van der Waals surface area (Å²) in [4.78, 5) is 10.5. The highest BCUT2D eigenvalue weighted by Crippen LogP contribution is 2.08. The van der Waals surface area contributed by atoms with Crippen LogP contribution < -0.4 is 0 Å². The lowest BCUT2D eigenvalue weighted by Gasteiger charge is -2.04. The summed E-state index contributed by atoms with van der Waals surface area (Å²) in [5.41, 5.74) is 0. The van der Waals surface area contributed by atoms with E-state index in [1.807, 2.05) is 0 Å². The van der Waals surface area contributed by atoms with Crippen LogP contribution in [0.2, 0.25) is 0 Å². The molecule has 0 saturated heterocycles. The second-order valence-corrected chi connectivity index (χ2v) is 2.75. The van der Waals surface area contributed by atoms with E-state index in [0.717, 1.165) is 12.8 Å². The van der Waals surface area contributed by atoms with E-state index in [0.29, 0.717) is 11.7 Å². The number of Topliss-reactive ketones (excluding diaryl/α,β-unsaturated/α-hetero) is 1. The van der Waals surface area contributed by atoms with Gasteiger partial charge in [-0.3, -0.25) is 0 Å². The summed E-state index contributed by atoms with van der Waals surface area (Å²) in [5.74, 6) is 1.03. The quantitative estimate of drug-likeness (QED) is 0.568. The Morgan fingerprint density at radius 3 is 2.44 bits per heavy atom. The average molecular weight is 128 g/mol. The van der Waals surface area contributed by atoms with Gasteiger partial charge in [-0.2, -0.15) is 0 Å². The van der Waals surface area contributed by atoms with E-state index in [-0.39, 0.29) is 0 Å². The summed E-state index contributed by atoms with van der Waals surface area (Å²) in [6, 6.07) is 0. The zero-order valence-corrected chi connectivity index (χ0v) is 6.61. The van der Waals surface area contributed by atoms with E-state index in [4.69, 9.17) is 0 Å². The van der Waals surface area contributed by atoms with Crippen LogP contribution in [-0.2, 0) is 4.79 Å². The first kappa shape index (κ1) is 8.67. The number of hydrogen-bond donors (Lipinski definition) is 0. The van der Waals surface area contributed by atoms with Gasteiger partial charge in [-0.15, -0.1) is 0 Å². The van der Waals surface area contributed by atoms with Crippen molar-refractivity contribution in [2.75, 3.05) is 0 Å². The summed E-state index contributed by atoms with van der Waals surface area (Å²) in [6.45, 7) is 6.00. The van der Waals surface area contributed by atoms with Crippen molar-refractivity contribution in [1.82, 2.24) is 0 Å². The molecule has 0 unspecified atom stereocenters. The molecule has 0 amide bonds. The monoisotopic (exact) mass is 128 g/mol. The lowest BCUT2D eigenvalue weighted by Crippen LogP contribution is -1.96. The van der Waals surface area contributed by atoms with Crippen LogP contribution in [0.4, 0.5) is 0 Å². The fourth-order valence-electron chi connectivity index (χ4n) is 0.654. The van der Waals surface area contributed by atoms with E-state index >= 15 is 0 Å². The predicted octanol–water partition coefficient (Wildman–Crippen LogP) is 2.40. The van der Waals surface area contributed by atoms with Gasteiger partial charge in [-0.25, -0.2) is 0 Å². The maximum atomic E-state index is 10.5. The topological polar surface area (TPSA) is 17.1 Å². The van der Waals surface area contributed by atoms with Gasteiger partial charge in [0.15, 0.2) is 0 Å². The van der Waals surface area contributed by atoms with Gasteiger partial charge in [0, 0.05) is 6.42 Å². The highest BCUT2D eigenvalue weighted by Gasteiger charge is 1.99. The minimum Gasteiger partial charge on any atom is -0.300 e. The molecule has 0 aromatic heterocycles. The van der Waals surface area contributed by atoms with Gasteiger partial charge >= 0.3 is 0 Å². The second-order valence-electron chi connectivity index (χ2n) is 2.75. The van der Waals surface area contributed by atoms with Crippen LogP contribution in [0.1, 0.15) is 40.0 Å². The lowest BCUT2D eigenvalue weighted by molar-refractivity contribution is -0.117. The largest absolute Gasteiger partial charge is 0.300 e. The molecule has 9 heavy (non-hydrogen) atoms. The molecule has 1 nitrogen and oxygen atoms in total. The Morgan fingerprint density at radius 2 is 2.11 bits per heavy atom. The van der Waals surface area contributed by atoms with Crippen molar-refractivity contribution in [2.24, 2.45) is 5.92 Å². The van der Waals surface area contributed by atoms with Crippen LogP contribution in [0.15, 0.2) is 0 Å². The Bertz CT molecular complexity index is 86.6. The Morgan fingerprint density at radius 1 is 1.56 bits per heavy atom. The van der Waals surface area contributed by atoms with Crippen molar-refractivity contribution in [1.29, 1.82) is 0 Å². The molecule has 0 aromatic rings. The zero-order valence-electron chi connectivity index (χ0n) is 6.61. The maximum Gasteiger partial charge on any atom is 0.129 e. The van der Waals surface area contributed by atoms with E-state index < -0.39 is 0 Å². The van der Waals surface area contributed by atoms with Crippen LogP contribution in [0.25, 0.3) is 0 Å². The SMILES string of the molecule is CC[C@H](C)CCC(C)=O. The van der Waals surface area contributed by atoms with Crippen molar-refractivity contribution in [2.45, 2.75) is 40.0 Å². The normalized spacial score (nSPS) is 13.2. The highest BCUT2D eigenvalue weighted by molar-refractivity contribution is 5.75. The molecule has 54 valence electrons. The summed E-state index contributed by atoms with van der Waals surface area (Å²) >= 11 is 0. The number of ketones is 1. The van der Waals surface area contributed by atoms with Crippen LogP contribution >= 0.6 is 0 Å². The van der Waals surface area contributed by atoms with Gasteiger partial charge in [0.05, 0.1) is 0 Å². The smallest absolute Gasteiger partial charge is 0.129 e. The van der Waals surface area contributed by atoms with Gasteiger partial charge in [0.25, 0.3) is 0 Å². The summed E-state index contributed by atoms with van der Waals surface area (Å²) < 4.78 is 0. The molecule has 0 aliphatic heterocycles. The van der Waals surface area contributed by atoms with Gasteiger partial charge in [0.2, 0.25) is 0 Å². The molecule has 0 bridgehead atoms. The third-order valence-electron chi connectivity index (χ3n) is 1.69. The molecule has 0 aliphatic rings. The Kier molecular flexibility index (Phi) is 4.37. The fraction of sp³-hybridized carbons (Fsp3) is 0.875. The van der Waals surface area contributed by atoms with Crippen LogP contribution in [0.3, 0.4) is 0 Å². The Labute approximate surface area is 57.5 Å². The number of carbonyl (C=O) groups excluding carboxylic acids is 1. The summed E-state index contributed by atoms with van der Waals surface area (Å²) in [7, 11) is 0. The van der Waals surface area contributed by atoms with Gasteiger partial charge in [-0.1, -0.05) is 20.3 Å². The van der Waals surface area contributed by atoms with Crippen LogP contribution in [-0.4, -0.2) is 5.78 Å². The molecule has 0 aliphatic carbocycles. The summed E-state index contributed by atoms with van der Waals surface area (Å²) in [5, 5.41) is 0. The van der Waals surface area contributed by atoms with Crippen LogP contribution in [0, 0.1) is 5.92 Å². The molecule has 1 heteroatoms. The second kappa shape index (κ2) is 4.54. The van der Waals surface area contributed by atoms with Crippen molar-refractivity contribution in [3.8, 4) is 0 Å². The molecular weight excluding hydrogens is 112 g/mol. The van der Waals surface area contributed by atoms with E-state index in [9.17, 15) is 4.79 Å². The number of rotatable bonds is 4. The van der Waals surface area contributed by atoms with Crippen molar-refractivity contribution < 1.29 is 4.79 Å². The van der Waals surface area contributed by atoms with E-state index in [2.05, 4.69) is 13.8 Å². The first-order chi connectivity index (χ1) is 4.16. The number of carbonyl (C=O) groups is 1. The molecule has 0 N–H and O–H groups in total. The molecule has 0 heterocycles. The highest BCUT2D eigenvalue weighted by atomic mass is 16.1. The third kappa shape index (κ3) is 5.54. The Hall–Kier alpha value is -0.330. The molecule has 0 radical (unpaired) electrons. The van der Waals surface area contributed by atoms with Gasteiger partial charge < -0.3 is 4.79 Å². The molecule has 0 saturated carbocycles. The third-order valence-corrected chi connectivity index (χ3v) is 1.69. The first-order valence-corrected chi connectivity index (χ1v) is 3.66. The van der Waals surface area contributed by atoms with Crippen molar-refractivity contribution >= 4 is 5.78 Å². The van der Waals surface area contributed by atoms with Gasteiger partial charge in [0.1, 0.15) is 5.78 Å². The fourth-order valence-corrected chi connectivity index (χ4v) is 0.654. The molecule has 0 rings (SSSR count). The first-order valence-electron chi connectivity index (χ1n) is 3.66. The standard InChI is InChI=1S/C8H16O/c1-4-7(2)5-6-8(3)9/h7H,4-6H2,1-3H3/t7-/m0/s1. The molecular formula is C8H16O. The molecule has 0 aromatic carbocycles. The van der Waals surface area contributed by atoms with E-state index in [1.165, 1.54) is 6.42 Å². The predicted molar refractivity (Wildman–Crippen MR) is 39.4 cm³/mol. The lowest BCUT2D eigenvalue weighted by atomic mass is 10.0. The van der Waals surface area contributed by atoms with E-state index in [1.54, 1.807) is 6.92 Å². The minimum absolute atomic E-state index is 0.315. The van der Waals surface area contributed by atoms with Crippen molar-refractivity contribution in [3.63, 3.8) is 0 Å². The maximum absolute atomic E-state index is 10.5. The average Bonchev–Trinajstić information content (AvgIpc) is 1.83. The minimum atomic E-state index is 0.315. The van der Waals surface area contributed by atoms with Gasteiger partial charge in [-0.05, 0) is 19.3 Å². The zero-order chi connectivity index (χ0) is 7.28.